The van der Waals surface area contributed by atoms with Crippen molar-refractivity contribution in [3.05, 3.63) is 130 Å². The largest absolute Gasteiger partial charge is 0.378 e. The molecule has 0 aromatic heterocycles. The molecule has 118 heavy (non-hydrogen) atoms. The van der Waals surface area contributed by atoms with Crippen LogP contribution in [0, 0.1) is 136 Å². The van der Waals surface area contributed by atoms with Gasteiger partial charge in [-0.3, -0.25) is 58.0 Å². The number of epoxide rings is 1. The highest BCUT2D eigenvalue weighted by Gasteiger charge is 2.46. The molecule has 21 aliphatic rings. The molecule has 0 aromatic rings. The Bertz CT molecular complexity index is 3950. The number of allylic oxidation sites excluding steroid dienone is 14. The third-order valence-electron chi connectivity index (χ3n) is 33.0. The van der Waals surface area contributed by atoms with Crippen LogP contribution in [0.25, 0.3) is 0 Å². The van der Waals surface area contributed by atoms with Crippen molar-refractivity contribution >= 4 is 47.3 Å². The zero-order valence-corrected chi connectivity index (χ0v) is 73.5. The second-order valence-electron chi connectivity index (χ2n) is 41.2. The van der Waals surface area contributed by atoms with Gasteiger partial charge in [0.2, 0.25) is 0 Å². The van der Waals surface area contributed by atoms with Gasteiger partial charge < -0.3 is 9.47 Å². The molecule has 0 spiro atoms. The zero-order chi connectivity index (χ0) is 82.4. The van der Waals surface area contributed by atoms with Crippen LogP contribution in [0.2, 0.25) is 0 Å². The van der Waals surface area contributed by atoms with Gasteiger partial charge in [0.15, 0.2) is 0 Å². The molecule has 1 saturated heterocycles. The average Bonchev–Trinajstić information content (AvgIpc) is 1.63. The summed E-state index contributed by atoms with van der Waals surface area (Å²) in [7, 11) is 0. The average molecular weight is 1610 g/mol. The fourth-order valence-corrected chi connectivity index (χ4v) is 24.8. The van der Waals surface area contributed by atoms with E-state index in [2.05, 4.69) is 85.1 Å². The number of amides is 8. The van der Waals surface area contributed by atoms with Crippen molar-refractivity contribution in [1.29, 1.82) is 0 Å². The van der Waals surface area contributed by atoms with Crippen LogP contribution in [-0.2, 0) is 47.8 Å². The molecule has 8 amide bonds. The van der Waals surface area contributed by atoms with Gasteiger partial charge in [-0.1, -0.05) is 162 Å². The fraction of sp³-hybridized carbons (Fsp3) is 0.712. The molecule has 0 N–H and O–H groups in total. The van der Waals surface area contributed by atoms with Crippen LogP contribution in [0.1, 0.15) is 280 Å². The number of nitrogens with zero attached hydrogens (tertiary/aromatic N) is 4. The maximum atomic E-state index is 11.9. The van der Waals surface area contributed by atoms with Crippen LogP contribution in [-0.4, -0.2) is 119 Å². The van der Waals surface area contributed by atoms with Gasteiger partial charge in [-0.2, -0.15) is 0 Å². The van der Waals surface area contributed by atoms with Gasteiger partial charge in [0.1, 0.15) is 6.10 Å². The Morgan fingerprint density at radius 1 is 0.280 bits per heavy atom. The Kier molecular flexibility index (Phi) is 28.9. The first kappa shape index (κ1) is 86.6. The van der Waals surface area contributed by atoms with Gasteiger partial charge in [-0.25, -0.2) is 0 Å². The van der Waals surface area contributed by atoms with Crippen molar-refractivity contribution in [2.24, 2.45) is 136 Å². The molecule has 22 atom stereocenters. The molecule has 16 aliphatic carbocycles. The molecule has 5 aliphatic heterocycles. The molecule has 14 heteroatoms. The molecular formula is C104H146N4O10. The topological polar surface area (TPSA) is 171 Å². The van der Waals surface area contributed by atoms with Crippen LogP contribution >= 0.6 is 0 Å². The van der Waals surface area contributed by atoms with E-state index in [0.717, 1.165) is 183 Å². The summed E-state index contributed by atoms with van der Waals surface area (Å²) in [6, 6.07) is 0. The van der Waals surface area contributed by atoms with E-state index in [4.69, 9.17) is 9.47 Å². The lowest BCUT2D eigenvalue weighted by atomic mass is 9.88. The van der Waals surface area contributed by atoms with E-state index < -0.39 is 0 Å². The number of rotatable bonds is 31. The molecule has 14 bridgehead atoms. The molecule has 21 rings (SSSR count). The maximum Gasteiger partial charge on any atom is 0.256 e. The van der Waals surface area contributed by atoms with Crippen molar-refractivity contribution in [2.45, 2.75) is 286 Å². The van der Waals surface area contributed by atoms with Gasteiger partial charge in [-0.05, 0) is 339 Å². The minimum absolute atomic E-state index is 0.0840. The van der Waals surface area contributed by atoms with Crippen LogP contribution in [0.15, 0.2) is 130 Å². The third kappa shape index (κ3) is 21.1. The second-order valence-corrected chi connectivity index (χ2v) is 41.2. The Labute approximate surface area is 708 Å². The van der Waals surface area contributed by atoms with Crippen LogP contribution in [0.3, 0.4) is 0 Å². The minimum atomic E-state index is -0.0876. The zero-order valence-electron chi connectivity index (χ0n) is 73.5. The van der Waals surface area contributed by atoms with Gasteiger partial charge in [0.25, 0.3) is 47.3 Å². The predicted molar refractivity (Wildman–Crippen MR) is 467 cm³/mol. The lowest BCUT2D eigenvalue weighted by Gasteiger charge is -2.24. The molecule has 642 valence electrons. The molecule has 14 nitrogen and oxygen atoms in total. The highest BCUT2D eigenvalue weighted by atomic mass is 16.6. The van der Waals surface area contributed by atoms with Crippen molar-refractivity contribution in [1.82, 2.24) is 19.6 Å². The summed E-state index contributed by atoms with van der Waals surface area (Å²) in [6.07, 6.45) is 81.3. The van der Waals surface area contributed by atoms with E-state index >= 15 is 0 Å². The summed E-state index contributed by atoms with van der Waals surface area (Å²) < 4.78 is 10.7. The second kappa shape index (κ2) is 39.4. The first-order valence-corrected chi connectivity index (χ1v) is 48.2. The van der Waals surface area contributed by atoms with Crippen molar-refractivity contribution < 1.29 is 47.8 Å². The molecule has 5 heterocycles. The lowest BCUT2D eigenvalue weighted by molar-refractivity contribution is -0.139. The van der Waals surface area contributed by atoms with Crippen molar-refractivity contribution in [3.8, 4) is 0 Å². The highest BCUT2D eigenvalue weighted by Crippen LogP contribution is 2.55. The van der Waals surface area contributed by atoms with E-state index in [1.165, 1.54) is 187 Å². The monoisotopic (exact) mass is 1610 g/mol. The van der Waals surface area contributed by atoms with Crippen molar-refractivity contribution in [3.63, 3.8) is 0 Å². The van der Waals surface area contributed by atoms with E-state index in [1.54, 1.807) is 68.2 Å². The maximum absolute atomic E-state index is 11.9. The summed E-state index contributed by atoms with van der Waals surface area (Å²) in [4.78, 5) is 101. The number of carbonyl (C=O) groups is 8. The number of hydrogen-bond acceptors (Lipinski definition) is 10. The summed E-state index contributed by atoms with van der Waals surface area (Å²) in [5, 5.41) is 0. The van der Waals surface area contributed by atoms with Gasteiger partial charge in [0, 0.05) is 70.8 Å². The van der Waals surface area contributed by atoms with E-state index in [-0.39, 0.29) is 47.3 Å². The van der Waals surface area contributed by atoms with Crippen molar-refractivity contribution in [2.75, 3.05) is 46.0 Å². The summed E-state index contributed by atoms with van der Waals surface area (Å²) in [6.45, 7) is 19.0. The molecule has 22 unspecified atom stereocenters. The minimum Gasteiger partial charge on any atom is -0.378 e. The summed E-state index contributed by atoms with van der Waals surface area (Å²) in [5.74, 6) is 19.5. The number of hydrogen-bond donors (Lipinski definition) is 0. The normalized spacial score (nSPS) is 35.9. The molecule has 10 fully saturated rings. The molecular weight excluding hydrogens is 1470 g/mol. The van der Waals surface area contributed by atoms with Gasteiger partial charge in [-0.15, -0.1) is 0 Å². The predicted octanol–water partition coefficient (Wildman–Crippen LogP) is 21.1. The molecule has 0 radical (unpaired) electrons. The third-order valence-corrected chi connectivity index (χ3v) is 33.0. The quantitative estimate of drug-likeness (QED) is 0.0281. The number of fused-ring (bicyclic) bond motifs is 14. The Hall–Kier alpha value is -6.38. The first-order valence-electron chi connectivity index (χ1n) is 48.2. The summed E-state index contributed by atoms with van der Waals surface area (Å²) in [5.41, 5.74) is 4.95. The lowest BCUT2D eigenvalue weighted by Crippen LogP contribution is -2.37. The Morgan fingerprint density at radius 2 is 0.559 bits per heavy atom. The van der Waals surface area contributed by atoms with Crippen LogP contribution < -0.4 is 0 Å². The Morgan fingerprint density at radius 3 is 0.873 bits per heavy atom. The van der Waals surface area contributed by atoms with Crippen LogP contribution in [0.4, 0.5) is 0 Å². The smallest absolute Gasteiger partial charge is 0.256 e. The highest BCUT2D eigenvalue weighted by molar-refractivity contribution is 6.20. The molecule has 0 aromatic carbocycles. The first-order chi connectivity index (χ1) is 57.1. The molecule has 9 saturated carbocycles. The fourth-order valence-electron chi connectivity index (χ4n) is 24.8. The standard InChI is InChI=1S/C19H27NO2.C17H23NO2.C17H28.C16H21NO2.C14H17NO2.C11H16O2.C10H14/c1-13-14(2)19(22)20(18(13)21)10-6-4-3-5-7-16-11-15-8-9-17(16)12-15;1-11-12(2)17(20)18(16(11)19)8-4-3-5-14-9-13-6-7-15(14)10-13;1(2-4-6-14-8-9-14)3-5-7-16-12-15-10-11-17(16)13-15;1-10-11(2)16(19)17(15(10)18)7-3-4-13-8-12-5-6-14(13)9-12;1-8-9(2)14(17)15(13(8)16)7-12-6-10-3-4-11(12)5-10;1-2-9-3-8(1)4-10(9)5-12-6-11-7-13-11;1-2-9-5-7(1)6-10(9)8-3-4-8/h8-9,15-17H,3-7,10-12H2,1-2H3;6-7,13-15H,3-5,8-10H2,1-2H3;10-11,14-17H,1-9,12-13H2;5-6,12-14H,3-4,7-9H2,1-2H3;3-4,10-12H,5-7H2,1-2H3;1-2,8-11H,3-7H2;1-2,7-10H,3-6H2. The number of unbranched alkanes of at least 4 members (excludes halogenated alkanes) is 8. The van der Waals surface area contributed by atoms with E-state index in [0.29, 0.717) is 94.6 Å². The number of carbonyl (C=O) groups excluding carboxylic acids is 8. The van der Waals surface area contributed by atoms with Crippen LogP contribution in [0.5, 0.6) is 0 Å². The number of imide groups is 4. The van der Waals surface area contributed by atoms with E-state index in [9.17, 15) is 38.4 Å². The Balaban J connectivity index is 0.000000109. The summed E-state index contributed by atoms with van der Waals surface area (Å²) >= 11 is 0. The SMILES string of the molecule is C1=CC2CC1CC2C1CC1.C1=CC2CC1CC2CCCCCCCC1CC1.C1=CC2CC1CC2COCC1CO1.CC1=C(C)C(=O)N(CC2CC3C=CC2C3)C1=O.CC1=C(C)C(=O)N(CCCC2CC3C=CC2C3)C1=O.CC1=C(C)C(=O)N(CCCCC2CC3C=CC2C3)C1=O.CC1=C(C)C(=O)N(CCCCCCC2CC3C=CC2C3)C1=O. The number of ether oxygens (including phenoxy) is 2. The van der Waals surface area contributed by atoms with Gasteiger partial charge in [0.05, 0.1) is 19.8 Å². The van der Waals surface area contributed by atoms with Gasteiger partial charge >= 0.3 is 0 Å². The van der Waals surface area contributed by atoms with E-state index in [1.807, 2.05) is 0 Å².